The van der Waals surface area contributed by atoms with Gasteiger partial charge in [-0.2, -0.15) is 0 Å². The summed E-state index contributed by atoms with van der Waals surface area (Å²) in [4.78, 5) is 69.7. The van der Waals surface area contributed by atoms with E-state index < -0.39 is 47.8 Å². The molecule has 202 valence electrons. The van der Waals surface area contributed by atoms with Crippen LogP contribution < -0.4 is 21.7 Å². The third-order valence-corrected chi connectivity index (χ3v) is 5.81. The fraction of sp³-hybridized carbons (Fsp3) is 0.652. The number of hydrogen-bond acceptors (Lipinski definition) is 8. The lowest BCUT2D eigenvalue weighted by atomic mass is 9.88. The second-order valence-corrected chi connectivity index (χ2v) is 8.60. The lowest BCUT2D eigenvalue weighted by Gasteiger charge is -2.28. The number of hydrogen-bond donors (Lipinski definition) is 7. The molecule has 0 aromatic heterocycles. The van der Waals surface area contributed by atoms with Crippen molar-refractivity contribution < 1.29 is 44.1 Å². The van der Waals surface area contributed by atoms with Gasteiger partial charge in [-0.15, -0.1) is 0 Å². The number of aldehydes is 1. The second kappa shape index (κ2) is 16.2. The molecule has 0 spiro atoms. The highest BCUT2D eigenvalue weighted by Gasteiger charge is 2.28. The van der Waals surface area contributed by atoms with E-state index in [9.17, 15) is 39.0 Å². The zero-order valence-electron chi connectivity index (χ0n) is 20.2. The molecule has 8 N–H and O–H groups in total. The molecule has 1 aliphatic carbocycles. The van der Waals surface area contributed by atoms with Gasteiger partial charge in [0.2, 0.25) is 11.8 Å². The monoisotopic (exact) mass is 512 g/mol. The summed E-state index contributed by atoms with van der Waals surface area (Å²) in [5, 5.41) is 35.8. The van der Waals surface area contributed by atoms with Crippen LogP contribution in [0.1, 0.15) is 70.6 Å². The maximum absolute atomic E-state index is 12.9. The van der Waals surface area contributed by atoms with Crippen LogP contribution in [0.3, 0.4) is 0 Å². The summed E-state index contributed by atoms with van der Waals surface area (Å²) in [6.45, 7) is 0.295. The Morgan fingerprint density at radius 2 is 1.44 bits per heavy atom. The minimum absolute atomic E-state index is 0.0277. The van der Waals surface area contributed by atoms with Crippen molar-refractivity contribution >= 4 is 36.0 Å². The zero-order valence-corrected chi connectivity index (χ0v) is 20.2. The summed E-state index contributed by atoms with van der Waals surface area (Å²) in [5.41, 5.74) is 6.91. The van der Waals surface area contributed by atoms with Crippen molar-refractivity contribution in [3.05, 3.63) is 11.3 Å². The van der Waals surface area contributed by atoms with E-state index in [2.05, 4.69) is 16.0 Å². The van der Waals surface area contributed by atoms with Crippen molar-refractivity contribution in [2.75, 3.05) is 6.54 Å². The number of amides is 2. The van der Waals surface area contributed by atoms with E-state index in [0.717, 1.165) is 12.0 Å². The van der Waals surface area contributed by atoms with Crippen LogP contribution in [0.25, 0.3) is 0 Å². The van der Waals surface area contributed by atoms with Gasteiger partial charge < -0.3 is 41.8 Å². The van der Waals surface area contributed by atoms with Crippen molar-refractivity contribution in [3.8, 4) is 0 Å². The fourth-order valence-corrected chi connectivity index (χ4v) is 3.59. The van der Waals surface area contributed by atoms with E-state index in [-0.39, 0.29) is 44.9 Å². The van der Waals surface area contributed by atoms with E-state index in [0.29, 0.717) is 37.8 Å². The number of nitrogens with two attached hydrogens (primary N) is 1. The SMILES string of the molecule is NCCCC(=O)NC(CCC(NC(CCC(=O)O)C(=O)NC(CCC=O)C(=O)O)=C1CCC1)C(=O)O. The highest BCUT2D eigenvalue weighted by Crippen LogP contribution is 2.30. The molecule has 0 bridgehead atoms. The van der Waals surface area contributed by atoms with Gasteiger partial charge >= 0.3 is 17.9 Å². The van der Waals surface area contributed by atoms with Gasteiger partial charge in [0.15, 0.2) is 0 Å². The Morgan fingerprint density at radius 3 is 1.94 bits per heavy atom. The summed E-state index contributed by atoms with van der Waals surface area (Å²) in [7, 11) is 0. The molecule has 36 heavy (non-hydrogen) atoms. The second-order valence-electron chi connectivity index (χ2n) is 8.60. The predicted octanol–water partition coefficient (Wildman–Crippen LogP) is -0.116. The molecule has 0 saturated heterocycles. The van der Waals surface area contributed by atoms with Crippen molar-refractivity contribution in [1.82, 2.24) is 16.0 Å². The average Bonchev–Trinajstić information content (AvgIpc) is 2.78. The number of carboxylic acid groups (broad SMARTS) is 3. The number of carbonyl (C=O) groups is 6. The maximum Gasteiger partial charge on any atom is 0.326 e. The van der Waals surface area contributed by atoms with Gasteiger partial charge in [-0.3, -0.25) is 14.4 Å². The normalized spacial score (nSPS) is 15.0. The van der Waals surface area contributed by atoms with Crippen LogP contribution in [0, 0.1) is 0 Å². The number of allylic oxidation sites excluding steroid dienone is 2. The molecule has 1 fully saturated rings. The molecule has 13 heteroatoms. The Bertz CT molecular complexity index is 837. The molecular formula is C23H36N4O9. The predicted molar refractivity (Wildman–Crippen MR) is 127 cm³/mol. The molecule has 13 nitrogen and oxygen atoms in total. The first-order valence-corrected chi connectivity index (χ1v) is 12.0. The fourth-order valence-electron chi connectivity index (χ4n) is 3.59. The summed E-state index contributed by atoms with van der Waals surface area (Å²) in [5.74, 6) is -4.86. The highest BCUT2D eigenvalue weighted by molar-refractivity contribution is 5.87. The van der Waals surface area contributed by atoms with Crippen LogP contribution in [-0.2, 0) is 28.8 Å². The molecule has 3 unspecified atom stereocenters. The molecule has 0 aromatic rings. The van der Waals surface area contributed by atoms with Gasteiger partial charge in [0, 0.05) is 25.0 Å². The van der Waals surface area contributed by atoms with Crippen molar-refractivity contribution in [3.63, 3.8) is 0 Å². The smallest absolute Gasteiger partial charge is 0.326 e. The molecule has 0 radical (unpaired) electrons. The lowest BCUT2D eigenvalue weighted by Crippen LogP contribution is -2.50. The molecule has 0 aliphatic heterocycles. The van der Waals surface area contributed by atoms with Crippen LogP contribution >= 0.6 is 0 Å². The van der Waals surface area contributed by atoms with Crippen LogP contribution in [0.2, 0.25) is 0 Å². The summed E-state index contributed by atoms with van der Waals surface area (Å²) in [6.07, 6.45) is 2.88. The number of nitrogens with one attached hydrogen (secondary N) is 3. The molecule has 1 saturated carbocycles. The number of carboxylic acids is 3. The first-order valence-electron chi connectivity index (χ1n) is 12.0. The summed E-state index contributed by atoms with van der Waals surface area (Å²) >= 11 is 0. The standard InChI is InChI=1S/C23H36N4O9/c24-12-2-7-19(29)26-18(23(35)36)9-8-15(14-4-1-5-14)25-16(10-11-20(30)31)21(32)27-17(22(33)34)6-3-13-28/h13,16-18,25H,1-12,24H2,(H,26,29)(H,27,32)(H,30,31)(H,33,34)(H,35,36). The Morgan fingerprint density at radius 1 is 0.833 bits per heavy atom. The maximum atomic E-state index is 12.9. The number of rotatable bonds is 19. The number of carbonyl (C=O) groups excluding carboxylic acids is 3. The average molecular weight is 513 g/mol. The van der Waals surface area contributed by atoms with Crippen LogP contribution in [0.4, 0.5) is 0 Å². The molecule has 0 heterocycles. The molecule has 1 rings (SSSR count). The first kappa shape index (κ1) is 30.6. The van der Waals surface area contributed by atoms with E-state index >= 15 is 0 Å². The van der Waals surface area contributed by atoms with Gasteiger partial charge in [-0.1, -0.05) is 5.57 Å². The van der Waals surface area contributed by atoms with E-state index in [1.165, 1.54) is 0 Å². The molecule has 3 atom stereocenters. The Hall–Kier alpha value is -3.48. The summed E-state index contributed by atoms with van der Waals surface area (Å²) < 4.78 is 0. The highest BCUT2D eigenvalue weighted by atomic mass is 16.4. The molecule has 0 aromatic carbocycles. The third-order valence-electron chi connectivity index (χ3n) is 5.81. The van der Waals surface area contributed by atoms with Crippen LogP contribution in [0.15, 0.2) is 11.3 Å². The van der Waals surface area contributed by atoms with Gasteiger partial charge in [0.1, 0.15) is 24.4 Å². The van der Waals surface area contributed by atoms with Gasteiger partial charge in [0.25, 0.3) is 0 Å². The Balaban J connectivity index is 2.98. The molecule has 2 amide bonds. The van der Waals surface area contributed by atoms with Gasteiger partial charge in [0.05, 0.1) is 0 Å². The van der Waals surface area contributed by atoms with E-state index in [1.807, 2.05) is 0 Å². The quantitative estimate of drug-likeness (QED) is 0.113. The summed E-state index contributed by atoms with van der Waals surface area (Å²) in [6, 6.07) is -3.58. The topological polar surface area (TPSA) is 225 Å². The van der Waals surface area contributed by atoms with Gasteiger partial charge in [-0.25, -0.2) is 9.59 Å². The minimum atomic E-state index is -1.32. The van der Waals surface area contributed by atoms with Gasteiger partial charge in [-0.05, 0) is 57.9 Å². The Labute approximate surface area is 208 Å². The van der Waals surface area contributed by atoms with Crippen molar-refractivity contribution in [1.29, 1.82) is 0 Å². The van der Waals surface area contributed by atoms with Crippen LogP contribution in [-0.4, -0.2) is 76.0 Å². The molecular weight excluding hydrogens is 476 g/mol. The van der Waals surface area contributed by atoms with Crippen LogP contribution in [0.5, 0.6) is 0 Å². The number of aliphatic carboxylic acids is 3. The van der Waals surface area contributed by atoms with E-state index in [1.54, 1.807) is 0 Å². The van der Waals surface area contributed by atoms with Crippen molar-refractivity contribution in [2.45, 2.75) is 88.8 Å². The van der Waals surface area contributed by atoms with Crippen molar-refractivity contribution in [2.24, 2.45) is 5.73 Å². The van der Waals surface area contributed by atoms with E-state index in [4.69, 9.17) is 10.8 Å². The minimum Gasteiger partial charge on any atom is -0.481 e. The largest absolute Gasteiger partial charge is 0.481 e. The third kappa shape index (κ3) is 11.3. The zero-order chi connectivity index (χ0) is 27.1. The molecule has 1 aliphatic rings. The Kier molecular flexibility index (Phi) is 13.8. The first-order chi connectivity index (χ1) is 17.1. The lowest BCUT2D eigenvalue weighted by molar-refractivity contribution is -0.142.